The standard InChI is InChI=1S/C17H19N3O4S2/c1-11-10-25-17(18-11)19-16(22)6-8-26(23,24)14-3-4-15-13(9-14)5-7-20(15)12(2)21/h3-4,9-10H,5-8H2,1-2H3,(H,18,19,22). The van der Waals surface area contributed by atoms with E-state index in [9.17, 15) is 18.0 Å². The molecular formula is C17H19N3O4S2. The summed E-state index contributed by atoms with van der Waals surface area (Å²) in [5, 5.41) is 4.88. The molecular weight excluding hydrogens is 374 g/mol. The molecule has 0 saturated carbocycles. The molecule has 1 aliphatic heterocycles. The number of sulfone groups is 1. The molecule has 2 aromatic rings. The lowest BCUT2D eigenvalue weighted by atomic mass is 10.2. The molecule has 1 aromatic carbocycles. The summed E-state index contributed by atoms with van der Waals surface area (Å²) in [4.78, 5) is 29.5. The predicted molar refractivity (Wildman–Crippen MR) is 100 cm³/mol. The van der Waals surface area contributed by atoms with E-state index in [4.69, 9.17) is 0 Å². The van der Waals surface area contributed by atoms with Crippen LogP contribution in [0, 0.1) is 6.92 Å². The molecule has 9 heteroatoms. The molecule has 2 amide bonds. The molecule has 1 aromatic heterocycles. The first-order valence-electron chi connectivity index (χ1n) is 8.12. The van der Waals surface area contributed by atoms with Crippen LogP contribution in [0.1, 0.15) is 24.6 Å². The fourth-order valence-corrected chi connectivity index (χ4v) is 4.83. The van der Waals surface area contributed by atoms with E-state index in [1.807, 2.05) is 6.92 Å². The number of nitrogens with zero attached hydrogens (tertiary/aromatic N) is 2. The van der Waals surface area contributed by atoms with Gasteiger partial charge in [0.05, 0.1) is 16.3 Å². The maximum atomic E-state index is 12.5. The summed E-state index contributed by atoms with van der Waals surface area (Å²) in [6, 6.07) is 4.77. The number of rotatable bonds is 5. The molecule has 0 saturated heterocycles. The third-order valence-electron chi connectivity index (χ3n) is 4.15. The molecule has 26 heavy (non-hydrogen) atoms. The van der Waals surface area contributed by atoms with Crippen molar-refractivity contribution in [3.05, 3.63) is 34.8 Å². The summed E-state index contributed by atoms with van der Waals surface area (Å²) < 4.78 is 25.1. The number of carbonyl (C=O) groups excluding carboxylic acids is 2. The van der Waals surface area contributed by atoms with Crippen LogP contribution in [-0.2, 0) is 25.8 Å². The van der Waals surface area contributed by atoms with E-state index in [2.05, 4.69) is 10.3 Å². The first-order valence-corrected chi connectivity index (χ1v) is 10.7. The second-order valence-corrected chi connectivity index (χ2v) is 9.09. The third-order valence-corrected chi connectivity index (χ3v) is 6.74. The molecule has 0 atom stereocenters. The van der Waals surface area contributed by atoms with E-state index in [1.165, 1.54) is 24.3 Å². The second kappa shape index (κ2) is 7.16. The lowest BCUT2D eigenvalue weighted by Gasteiger charge is -2.14. The Labute approximate surface area is 156 Å². The van der Waals surface area contributed by atoms with E-state index < -0.39 is 9.84 Å². The van der Waals surface area contributed by atoms with Crippen LogP contribution in [-0.4, -0.2) is 37.5 Å². The fraction of sp³-hybridized carbons (Fsp3) is 0.353. The van der Waals surface area contributed by atoms with Crippen LogP contribution in [0.5, 0.6) is 0 Å². The van der Waals surface area contributed by atoms with E-state index in [-0.39, 0.29) is 28.9 Å². The smallest absolute Gasteiger partial charge is 0.227 e. The van der Waals surface area contributed by atoms with Crippen LogP contribution >= 0.6 is 11.3 Å². The van der Waals surface area contributed by atoms with E-state index in [0.29, 0.717) is 18.1 Å². The van der Waals surface area contributed by atoms with Crippen LogP contribution in [0.15, 0.2) is 28.5 Å². The number of hydrogen-bond donors (Lipinski definition) is 1. The number of benzene rings is 1. The van der Waals surface area contributed by atoms with E-state index in [0.717, 1.165) is 16.9 Å². The molecule has 0 aliphatic carbocycles. The number of fused-ring (bicyclic) bond motifs is 1. The fourth-order valence-electron chi connectivity index (χ4n) is 2.84. The zero-order chi connectivity index (χ0) is 18.9. The Balaban J connectivity index is 1.67. The largest absolute Gasteiger partial charge is 0.312 e. The van der Waals surface area contributed by atoms with Crippen molar-refractivity contribution in [1.29, 1.82) is 0 Å². The van der Waals surface area contributed by atoms with E-state index in [1.54, 1.807) is 22.4 Å². The molecule has 0 fully saturated rings. The number of aryl methyl sites for hydroxylation is 1. The summed E-state index contributed by atoms with van der Waals surface area (Å²) in [6.07, 6.45) is 0.486. The third kappa shape index (κ3) is 3.94. The topological polar surface area (TPSA) is 96.4 Å². The van der Waals surface area contributed by atoms with E-state index >= 15 is 0 Å². The number of nitrogens with one attached hydrogen (secondary N) is 1. The van der Waals surface area contributed by atoms with Crippen molar-refractivity contribution in [2.45, 2.75) is 31.6 Å². The highest BCUT2D eigenvalue weighted by atomic mass is 32.2. The minimum atomic E-state index is -3.58. The Bertz CT molecular complexity index is 966. The summed E-state index contributed by atoms with van der Waals surface area (Å²) in [5.74, 6) is -0.724. The molecule has 7 nitrogen and oxygen atoms in total. The van der Waals surface area contributed by atoms with Gasteiger partial charge in [-0.3, -0.25) is 9.59 Å². The summed E-state index contributed by atoms with van der Waals surface area (Å²) in [7, 11) is -3.58. The maximum Gasteiger partial charge on any atom is 0.227 e. The van der Waals surface area contributed by atoms with Crippen molar-refractivity contribution >= 4 is 43.8 Å². The Hall–Kier alpha value is -2.26. The number of anilines is 2. The zero-order valence-electron chi connectivity index (χ0n) is 14.5. The molecule has 3 rings (SSSR count). The van der Waals surface area contributed by atoms with Crippen molar-refractivity contribution in [3.63, 3.8) is 0 Å². The van der Waals surface area contributed by atoms with Crippen molar-refractivity contribution in [2.75, 3.05) is 22.5 Å². The van der Waals surface area contributed by atoms with Gasteiger partial charge < -0.3 is 10.2 Å². The molecule has 1 aliphatic rings. The number of hydrogen-bond acceptors (Lipinski definition) is 6. The summed E-state index contributed by atoms with van der Waals surface area (Å²) >= 11 is 1.30. The molecule has 1 N–H and O–H groups in total. The lowest BCUT2D eigenvalue weighted by Crippen LogP contribution is -2.25. The van der Waals surface area contributed by atoms with Gasteiger partial charge >= 0.3 is 0 Å². The molecule has 138 valence electrons. The first-order chi connectivity index (χ1) is 12.3. The molecule has 0 unspecified atom stereocenters. The molecule has 0 radical (unpaired) electrons. The van der Waals surface area contributed by atoms with Crippen LogP contribution in [0.4, 0.5) is 10.8 Å². The van der Waals surface area contributed by atoms with Crippen LogP contribution in [0.2, 0.25) is 0 Å². The van der Waals surface area contributed by atoms with Crippen LogP contribution < -0.4 is 10.2 Å². The lowest BCUT2D eigenvalue weighted by molar-refractivity contribution is -0.117. The molecule has 0 spiro atoms. The summed E-state index contributed by atoms with van der Waals surface area (Å²) in [6.45, 7) is 3.86. The first kappa shape index (κ1) is 18.5. The number of carbonyl (C=O) groups is 2. The van der Waals surface area contributed by atoms with Gasteiger partial charge in [-0.05, 0) is 37.1 Å². The Kier molecular flexibility index (Phi) is 5.10. The van der Waals surface area contributed by atoms with Gasteiger partial charge in [0.2, 0.25) is 11.8 Å². The normalized spacial score (nSPS) is 13.5. The van der Waals surface area contributed by atoms with Gasteiger partial charge in [0.15, 0.2) is 15.0 Å². The highest BCUT2D eigenvalue weighted by molar-refractivity contribution is 7.91. The molecule has 2 heterocycles. The number of aromatic nitrogens is 1. The van der Waals surface area contributed by atoms with Crippen LogP contribution in [0.3, 0.4) is 0 Å². The quantitative estimate of drug-likeness (QED) is 0.840. The Morgan fingerprint density at radius 2 is 2.12 bits per heavy atom. The summed E-state index contributed by atoms with van der Waals surface area (Å²) in [5.41, 5.74) is 2.40. The van der Waals surface area contributed by atoms with Crippen molar-refractivity contribution in [2.24, 2.45) is 0 Å². The second-order valence-electron chi connectivity index (χ2n) is 6.12. The minimum Gasteiger partial charge on any atom is -0.312 e. The average molecular weight is 393 g/mol. The SMILES string of the molecule is CC(=O)N1CCc2cc(S(=O)(=O)CCC(=O)Nc3nc(C)cs3)ccc21. The van der Waals surface area contributed by atoms with Gasteiger partial charge in [-0.25, -0.2) is 13.4 Å². The van der Waals surface area contributed by atoms with Gasteiger partial charge in [0, 0.05) is 31.0 Å². The number of thiazole rings is 1. The zero-order valence-corrected chi connectivity index (χ0v) is 16.1. The van der Waals surface area contributed by atoms with Gasteiger partial charge in [-0.1, -0.05) is 0 Å². The Morgan fingerprint density at radius 3 is 2.77 bits per heavy atom. The monoisotopic (exact) mass is 393 g/mol. The highest BCUT2D eigenvalue weighted by Gasteiger charge is 2.25. The van der Waals surface area contributed by atoms with Crippen molar-refractivity contribution < 1.29 is 18.0 Å². The number of amides is 2. The van der Waals surface area contributed by atoms with Crippen LogP contribution in [0.25, 0.3) is 0 Å². The van der Waals surface area contributed by atoms with Gasteiger partial charge in [0.1, 0.15) is 0 Å². The Morgan fingerprint density at radius 1 is 1.35 bits per heavy atom. The minimum absolute atomic E-state index is 0.0616. The molecule has 0 bridgehead atoms. The highest BCUT2D eigenvalue weighted by Crippen LogP contribution is 2.30. The van der Waals surface area contributed by atoms with Gasteiger partial charge in [0.25, 0.3) is 0 Å². The van der Waals surface area contributed by atoms with Crippen molar-refractivity contribution in [1.82, 2.24) is 4.98 Å². The van der Waals surface area contributed by atoms with Gasteiger partial charge in [-0.15, -0.1) is 11.3 Å². The predicted octanol–water partition coefficient (Wildman–Crippen LogP) is 2.16. The van der Waals surface area contributed by atoms with Gasteiger partial charge in [-0.2, -0.15) is 0 Å². The van der Waals surface area contributed by atoms with Crippen molar-refractivity contribution in [3.8, 4) is 0 Å². The maximum absolute atomic E-state index is 12.5. The average Bonchev–Trinajstić information content (AvgIpc) is 3.18.